The van der Waals surface area contributed by atoms with Crippen molar-refractivity contribution in [3.63, 3.8) is 0 Å². The molecule has 6 heteroatoms. The molecule has 0 aliphatic carbocycles. The van der Waals surface area contributed by atoms with Crippen LogP contribution in [0.25, 0.3) is 11.0 Å². The first-order valence-electron chi connectivity index (χ1n) is 4.38. The van der Waals surface area contributed by atoms with Gasteiger partial charge in [-0.3, -0.25) is 10.1 Å². The molecule has 0 aromatic carbocycles. The lowest BCUT2D eigenvalue weighted by Crippen LogP contribution is -2.06. The highest BCUT2D eigenvalue weighted by Crippen LogP contribution is 2.23. The Labute approximate surface area is 90.4 Å². The Kier molecular flexibility index (Phi) is 2.55. The number of hydrogen-bond donors (Lipinski definition) is 1. The van der Waals surface area contributed by atoms with Gasteiger partial charge in [0.25, 0.3) is 0 Å². The number of fused-ring (bicyclic) bond motifs is 1. The maximum atomic E-state index is 11.5. The Hall–Kier alpha value is -1.62. The van der Waals surface area contributed by atoms with E-state index in [1.165, 1.54) is 12.4 Å². The molecule has 2 aromatic heterocycles. The van der Waals surface area contributed by atoms with Gasteiger partial charge in [-0.1, -0.05) is 11.6 Å². The van der Waals surface area contributed by atoms with Crippen LogP contribution in [0.4, 0.5) is 0 Å². The summed E-state index contributed by atoms with van der Waals surface area (Å²) in [6, 6.07) is 0. The van der Waals surface area contributed by atoms with Crippen molar-refractivity contribution in [1.29, 1.82) is 0 Å². The third-order valence-corrected chi connectivity index (χ3v) is 2.30. The van der Waals surface area contributed by atoms with Crippen molar-refractivity contribution >= 4 is 28.6 Å². The monoisotopic (exact) mass is 225 g/mol. The zero-order valence-corrected chi connectivity index (χ0v) is 8.71. The van der Waals surface area contributed by atoms with Gasteiger partial charge in [0, 0.05) is 6.20 Å². The number of aromatic nitrogens is 3. The first-order chi connectivity index (χ1) is 7.24. The lowest BCUT2D eigenvalue weighted by Gasteiger charge is -2.03. The summed E-state index contributed by atoms with van der Waals surface area (Å²) >= 11 is 6.00. The largest absolute Gasteiger partial charge is 0.462 e. The molecule has 0 saturated carbocycles. The number of nitrogens with zero attached hydrogens (tertiary/aromatic N) is 2. The summed E-state index contributed by atoms with van der Waals surface area (Å²) in [6.45, 7) is 2.03. The first-order valence-corrected chi connectivity index (χ1v) is 4.76. The van der Waals surface area contributed by atoms with Crippen LogP contribution in [-0.4, -0.2) is 27.8 Å². The van der Waals surface area contributed by atoms with Crippen LogP contribution in [0.2, 0.25) is 5.02 Å². The molecule has 0 atom stereocenters. The van der Waals surface area contributed by atoms with Gasteiger partial charge in [-0.2, -0.15) is 5.10 Å². The van der Waals surface area contributed by atoms with Crippen molar-refractivity contribution < 1.29 is 9.53 Å². The third-order valence-electron chi connectivity index (χ3n) is 1.90. The second-order valence-electron chi connectivity index (χ2n) is 2.84. The molecule has 0 unspecified atom stereocenters. The number of pyridine rings is 1. The number of hydrogen-bond acceptors (Lipinski definition) is 4. The number of carbonyl (C=O) groups is 1. The normalized spacial score (nSPS) is 10.5. The van der Waals surface area contributed by atoms with E-state index in [1.807, 2.05) is 0 Å². The molecule has 2 heterocycles. The molecule has 5 nitrogen and oxygen atoms in total. The predicted molar refractivity (Wildman–Crippen MR) is 54.9 cm³/mol. The molecule has 15 heavy (non-hydrogen) atoms. The smallest absolute Gasteiger partial charge is 0.341 e. The lowest BCUT2D eigenvalue weighted by atomic mass is 10.2. The van der Waals surface area contributed by atoms with Crippen LogP contribution in [0.3, 0.4) is 0 Å². The van der Waals surface area contributed by atoms with Gasteiger partial charge in [-0.05, 0) is 6.92 Å². The van der Waals surface area contributed by atoms with E-state index in [0.29, 0.717) is 17.6 Å². The summed E-state index contributed by atoms with van der Waals surface area (Å²) in [6.07, 6.45) is 2.92. The first kappa shape index (κ1) is 9.92. The highest BCUT2D eigenvalue weighted by atomic mass is 35.5. The fourth-order valence-electron chi connectivity index (χ4n) is 1.22. The Morgan fingerprint density at radius 1 is 1.60 bits per heavy atom. The van der Waals surface area contributed by atoms with Crippen molar-refractivity contribution in [1.82, 2.24) is 15.2 Å². The van der Waals surface area contributed by atoms with Gasteiger partial charge in [0.1, 0.15) is 11.0 Å². The minimum absolute atomic E-state index is 0.246. The van der Waals surface area contributed by atoms with E-state index < -0.39 is 5.97 Å². The van der Waals surface area contributed by atoms with Crippen LogP contribution < -0.4 is 0 Å². The van der Waals surface area contributed by atoms with Crippen molar-refractivity contribution in [2.75, 3.05) is 6.61 Å². The molecule has 0 aliphatic rings. The second kappa shape index (κ2) is 3.86. The Bertz CT molecular complexity index is 509. The van der Waals surface area contributed by atoms with E-state index in [-0.39, 0.29) is 10.6 Å². The highest BCUT2D eigenvalue weighted by Gasteiger charge is 2.15. The van der Waals surface area contributed by atoms with E-state index in [9.17, 15) is 4.79 Å². The molecule has 0 saturated heterocycles. The molecule has 78 valence electrons. The van der Waals surface area contributed by atoms with Crippen molar-refractivity contribution in [2.24, 2.45) is 0 Å². The van der Waals surface area contributed by atoms with Crippen LogP contribution in [0.5, 0.6) is 0 Å². The van der Waals surface area contributed by atoms with Crippen LogP contribution >= 0.6 is 11.6 Å². The number of nitrogens with one attached hydrogen (secondary N) is 1. The van der Waals surface area contributed by atoms with Crippen LogP contribution in [0.15, 0.2) is 12.4 Å². The molecule has 0 radical (unpaired) electrons. The molecule has 2 aromatic rings. The fourth-order valence-corrected chi connectivity index (χ4v) is 1.48. The summed E-state index contributed by atoms with van der Waals surface area (Å²) in [5, 5.41) is 6.75. The van der Waals surface area contributed by atoms with Gasteiger partial charge < -0.3 is 4.74 Å². The Balaban J connectivity index is 2.52. The SMILES string of the molecule is CCOC(=O)c1cnc2cn[nH]c2c1Cl. The molecule has 0 aliphatic heterocycles. The van der Waals surface area contributed by atoms with E-state index >= 15 is 0 Å². The summed E-state index contributed by atoms with van der Waals surface area (Å²) in [5.74, 6) is -0.480. The zero-order chi connectivity index (χ0) is 10.8. The van der Waals surface area contributed by atoms with Crippen molar-refractivity contribution in [2.45, 2.75) is 6.92 Å². The molecule has 0 spiro atoms. The number of carbonyl (C=O) groups excluding carboxylic acids is 1. The molecular formula is C9H8ClN3O2. The summed E-state index contributed by atoms with van der Waals surface area (Å²) in [4.78, 5) is 15.5. The van der Waals surface area contributed by atoms with Crippen molar-refractivity contribution in [3.05, 3.63) is 23.0 Å². The van der Waals surface area contributed by atoms with Gasteiger partial charge in [-0.25, -0.2) is 4.79 Å². The summed E-state index contributed by atoms with van der Waals surface area (Å²) in [5.41, 5.74) is 1.41. The number of H-pyrrole nitrogens is 1. The van der Waals surface area contributed by atoms with Gasteiger partial charge in [0.05, 0.1) is 23.4 Å². The molecular weight excluding hydrogens is 218 g/mol. The quantitative estimate of drug-likeness (QED) is 0.792. The van der Waals surface area contributed by atoms with Crippen molar-refractivity contribution in [3.8, 4) is 0 Å². The number of ether oxygens (including phenoxy) is 1. The molecule has 0 fully saturated rings. The summed E-state index contributed by atoms with van der Waals surface area (Å²) < 4.78 is 4.84. The maximum Gasteiger partial charge on any atom is 0.341 e. The average Bonchev–Trinajstić information content (AvgIpc) is 2.67. The Morgan fingerprint density at radius 3 is 3.13 bits per heavy atom. The number of esters is 1. The fraction of sp³-hybridized carbons (Fsp3) is 0.222. The van der Waals surface area contributed by atoms with Crippen LogP contribution in [0, 0.1) is 0 Å². The van der Waals surface area contributed by atoms with Gasteiger partial charge >= 0.3 is 5.97 Å². The highest BCUT2D eigenvalue weighted by molar-refractivity contribution is 6.37. The van der Waals surface area contributed by atoms with Crippen LogP contribution in [-0.2, 0) is 4.74 Å². The molecule has 1 N–H and O–H groups in total. The average molecular weight is 226 g/mol. The van der Waals surface area contributed by atoms with Gasteiger partial charge in [0.15, 0.2) is 0 Å². The van der Waals surface area contributed by atoms with Crippen LogP contribution in [0.1, 0.15) is 17.3 Å². The van der Waals surface area contributed by atoms with E-state index in [0.717, 1.165) is 0 Å². The van der Waals surface area contributed by atoms with Gasteiger partial charge in [-0.15, -0.1) is 0 Å². The molecule has 2 rings (SSSR count). The molecule has 0 bridgehead atoms. The van der Waals surface area contributed by atoms with E-state index in [2.05, 4.69) is 15.2 Å². The predicted octanol–water partition coefficient (Wildman–Crippen LogP) is 1.79. The number of aromatic amines is 1. The summed E-state index contributed by atoms with van der Waals surface area (Å²) in [7, 11) is 0. The van der Waals surface area contributed by atoms with E-state index in [4.69, 9.17) is 16.3 Å². The number of rotatable bonds is 2. The zero-order valence-electron chi connectivity index (χ0n) is 7.95. The topological polar surface area (TPSA) is 67.9 Å². The minimum atomic E-state index is -0.480. The number of halogens is 1. The third kappa shape index (κ3) is 1.66. The van der Waals surface area contributed by atoms with Gasteiger partial charge in [0.2, 0.25) is 0 Å². The maximum absolute atomic E-state index is 11.5. The minimum Gasteiger partial charge on any atom is -0.462 e. The molecule has 0 amide bonds. The second-order valence-corrected chi connectivity index (χ2v) is 3.21. The standard InChI is InChI=1S/C9H8ClN3O2/c1-2-15-9(14)5-3-11-6-4-12-13-8(6)7(5)10/h3-4H,2H2,1H3,(H,12,13). The lowest BCUT2D eigenvalue weighted by molar-refractivity contribution is 0.0526. The van der Waals surface area contributed by atoms with E-state index in [1.54, 1.807) is 6.92 Å². The Morgan fingerprint density at radius 2 is 2.40 bits per heavy atom.